The lowest BCUT2D eigenvalue weighted by Gasteiger charge is -2.18. The molecular formula is C12H16N2OS. The molecule has 2 rings (SSSR count). The van der Waals surface area contributed by atoms with Gasteiger partial charge in [0.05, 0.1) is 6.54 Å². The van der Waals surface area contributed by atoms with Gasteiger partial charge in [-0.3, -0.25) is 9.69 Å². The second-order valence-corrected chi connectivity index (χ2v) is 5.56. The number of benzene rings is 1. The van der Waals surface area contributed by atoms with Crippen molar-refractivity contribution in [3.05, 3.63) is 29.8 Å². The first kappa shape index (κ1) is 11.5. The summed E-state index contributed by atoms with van der Waals surface area (Å²) in [4.78, 5) is 14.1. The highest BCUT2D eigenvalue weighted by molar-refractivity contribution is 8.00. The van der Waals surface area contributed by atoms with Gasteiger partial charge in [0, 0.05) is 16.7 Å². The van der Waals surface area contributed by atoms with Gasteiger partial charge in [0.25, 0.3) is 0 Å². The molecule has 2 N–H and O–H groups in total. The Kier molecular flexibility index (Phi) is 3.51. The molecule has 16 heavy (non-hydrogen) atoms. The second-order valence-electron chi connectivity index (χ2n) is 4.21. The number of carbonyl (C=O) groups excluding carboxylic acids is 1. The van der Waals surface area contributed by atoms with E-state index in [2.05, 4.69) is 24.3 Å². The summed E-state index contributed by atoms with van der Waals surface area (Å²) < 4.78 is 0. The number of nitrogens with two attached hydrogens (primary N) is 1. The van der Waals surface area contributed by atoms with Crippen LogP contribution in [0.5, 0.6) is 0 Å². The summed E-state index contributed by atoms with van der Waals surface area (Å²) in [6, 6.07) is 8.49. The van der Waals surface area contributed by atoms with E-state index in [1.165, 1.54) is 10.5 Å². The minimum absolute atomic E-state index is 0.261. The number of primary amides is 1. The molecule has 86 valence electrons. The number of carbonyl (C=O) groups is 1. The Labute approximate surface area is 100.0 Å². The Balaban J connectivity index is 1.89. The molecule has 0 spiro atoms. The molecule has 0 radical (unpaired) electrons. The highest BCUT2D eigenvalue weighted by atomic mass is 32.2. The first-order chi connectivity index (χ1) is 7.65. The van der Waals surface area contributed by atoms with Gasteiger partial charge >= 0.3 is 0 Å². The summed E-state index contributed by atoms with van der Waals surface area (Å²) in [5.74, 6) is -0.261. The molecule has 0 bridgehead atoms. The van der Waals surface area contributed by atoms with Gasteiger partial charge in [-0.25, -0.2) is 0 Å². The molecular weight excluding hydrogens is 220 g/mol. The molecule has 0 aliphatic carbocycles. The molecule has 0 fully saturated rings. The second kappa shape index (κ2) is 4.89. The Hall–Kier alpha value is -1.00. The maximum Gasteiger partial charge on any atom is 0.231 e. The van der Waals surface area contributed by atoms with Crippen molar-refractivity contribution >= 4 is 17.7 Å². The van der Waals surface area contributed by atoms with E-state index >= 15 is 0 Å². The normalized spacial score (nSPS) is 18.8. The van der Waals surface area contributed by atoms with Crippen LogP contribution in [0.1, 0.15) is 5.56 Å². The van der Waals surface area contributed by atoms with Crippen LogP contribution in [-0.2, 0) is 11.2 Å². The molecule has 1 heterocycles. The van der Waals surface area contributed by atoms with Crippen LogP contribution in [0.2, 0.25) is 0 Å². The fourth-order valence-corrected chi connectivity index (χ4v) is 3.44. The number of likely N-dealkylation sites (N-methyl/N-ethyl adjacent to an activating group) is 1. The first-order valence-electron chi connectivity index (χ1n) is 5.36. The largest absolute Gasteiger partial charge is 0.369 e. The number of fused-ring (bicyclic) bond motifs is 1. The zero-order chi connectivity index (χ0) is 11.5. The average Bonchev–Trinajstić information content (AvgIpc) is 2.57. The summed E-state index contributed by atoms with van der Waals surface area (Å²) >= 11 is 1.90. The van der Waals surface area contributed by atoms with Crippen LogP contribution in [0, 0.1) is 0 Å². The van der Waals surface area contributed by atoms with Crippen molar-refractivity contribution in [3.63, 3.8) is 0 Å². The summed E-state index contributed by atoms with van der Waals surface area (Å²) in [6.45, 7) is 1.25. The average molecular weight is 236 g/mol. The van der Waals surface area contributed by atoms with Gasteiger partial charge in [-0.15, -0.1) is 11.8 Å². The predicted molar refractivity (Wildman–Crippen MR) is 66.5 cm³/mol. The molecule has 1 aromatic carbocycles. The van der Waals surface area contributed by atoms with Gasteiger partial charge in [-0.2, -0.15) is 0 Å². The van der Waals surface area contributed by atoms with Crippen LogP contribution in [0.25, 0.3) is 0 Å². The molecule has 0 saturated carbocycles. The Morgan fingerprint density at radius 3 is 3.00 bits per heavy atom. The molecule has 4 heteroatoms. The van der Waals surface area contributed by atoms with E-state index in [9.17, 15) is 4.79 Å². The standard InChI is InChI=1S/C12H16N2OS/c1-14(8-12(13)15)7-10-6-9-4-2-3-5-11(9)16-10/h2-5,10H,6-8H2,1H3,(H2,13,15). The Morgan fingerprint density at radius 1 is 1.56 bits per heavy atom. The van der Waals surface area contributed by atoms with Crippen LogP contribution < -0.4 is 5.73 Å². The molecule has 1 amide bonds. The Bertz CT molecular complexity index is 369. The molecule has 3 nitrogen and oxygen atoms in total. The van der Waals surface area contributed by atoms with Crippen molar-refractivity contribution in [1.82, 2.24) is 4.90 Å². The van der Waals surface area contributed by atoms with Crippen molar-refractivity contribution in [2.24, 2.45) is 5.73 Å². The van der Waals surface area contributed by atoms with Crippen molar-refractivity contribution in [2.45, 2.75) is 16.6 Å². The lowest BCUT2D eigenvalue weighted by molar-refractivity contribution is -0.118. The van der Waals surface area contributed by atoms with Crippen molar-refractivity contribution < 1.29 is 4.79 Å². The number of nitrogens with zero attached hydrogens (tertiary/aromatic N) is 1. The molecule has 1 unspecified atom stereocenters. The Morgan fingerprint density at radius 2 is 2.31 bits per heavy atom. The van der Waals surface area contributed by atoms with Gasteiger partial charge < -0.3 is 5.73 Å². The lowest BCUT2D eigenvalue weighted by atomic mass is 10.1. The lowest BCUT2D eigenvalue weighted by Crippen LogP contribution is -2.35. The minimum Gasteiger partial charge on any atom is -0.369 e. The summed E-state index contributed by atoms with van der Waals surface area (Å²) in [6.07, 6.45) is 1.09. The maximum absolute atomic E-state index is 10.8. The smallest absolute Gasteiger partial charge is 0.231 e. The quantitative estimate of drug-likeness (QED) is 0.852. The third-order valence-electron chi connectivity index (χ3n) is 2.65. The fourth-order valence-electron chi connectivity index (χ4n) is 2.03. The van der Waals surface area contributed by atoms with Crippen molar-refractivity contribution in [2.75, 3.05) is 20.1 Å². The van der Waals surface area contributed by atoms with Crippen LogP contribution in [-0.4, -0.2) is 36.2 Å². The minimum atomic E-state index is -0.261. The van der Waals surface area contributed by atoms with Crippen LogP contribution in [0.4, 0.5) is 0 Å². The highest BCUT2D eigenvalue weighted by Gasteiger charge is 2.22. The summed E-state index contributed by atoms with van der Waals surface area (Å²) in [5.41, 5.74) is 6.59. The summed E-state index contributed by atoms with van der Waals surface area (Å²) in [5, 5.41) is 0.543. The van der Waals surface area contributed by atoms with E-state index in [4.69, 9.17) is 5.73 Å². The third-order valence-corrected chi connectivity index (χ3v) is 3.96. The van der Waals surface area contributed by atoms with Gasteiger partial charge in [-0.1, -0.05) is 18.2 Å². The van der Waals surface area contributed by atoms with Gasteiger partial charge in [0.15, 0.2) is 0 Å². The highest BCUT2D eigenvalue weighted by Crippen LogP contribution is 2.36. The number of hydrogen-bond acceptors (Lipinski definition) is 3. The van der Waals surface area contributed by atoms with Gasteiger partial charge in [-0.05, 0) is 25.1 Å². The zero-order valence-corrected chi connectivity index (χ0v) is 10.2. The molecule has 0 saturated heterocycles. The molecule has 1 aliphatic rings. The van der Waals surface area contributed by atoms with E-state index < -0.39 is 0 Å². The van der Waals surface area contributed by atoms with Crippen molar-refractivity contribution in [3.8, 4) is 0 Å². The zero-order valence-electron chi connectivity index (χ0n) is 9.35. The molecule has 1 aliphatic heterocycles. The molecule has 1 aromatic rings. The molecule has 1 atom stereocenters. The van der Waals surface area contributed by atoms with Gasteiger partial charge in [0.2, 0.25) is 5.91 Å². The molecule has 0 aromatic heterocycles. The van der Waals surface area contributed by atoms with E-state index in [1.807, 2.05) is 23.7 Å². The first-order valence-corrected chi connectivity index (χ1v) is 6.24. The number of hydrogen-bond donors (Lipinski definition) is 1. The van der Waals surface area contributed by atoms with Crippen LogP contribution in [0.15, 0.2) is 29.2 Å². The fraction of sp³-hybridized carbons (Fsp3) is 0.417. The van der Waals surface area contributed by atoms with E-state index in [0.29, 0.717) is 11.8 Å². The van der Waals surface area contributed by atoms with Crippen molar-refractivity contribution in [1.29, 1.82) is 0 Å². The van der Waals surface area contributed by atoms with Crippen LogP contribution >= 0.6 is 11.8 Å². The SMILES string of the molecule is CN(CC(N)=O)CC1Cc2ccccc2S1. The topological polar surface area (TPSA) is 46.3 Å². The monoisotopic (exact) mass is 236 g/mol. The third kappa shape index (κ3) is 2.77. The number of thioether (sulfide) groups is 1. The van der Waals surface area contributed by atoms with Gasteiger partial charge in [0.1, 0.15) is 0 Å². The number of rotatable bonds is 4. The van der Waals surface area contributed by atoms with E-state index in [-0.39, 0.29) is 5.91 Å². The maximum atomic E-state index is 10.8. The predicted octanol–water partition coefficient (Wildman–Crippen LogP) is 1.12. The summed E-state index contributed by atoms with van der Waals surface area (Å²) in [7, 11) is 1.94. The number of amides is 1. The van der Waals surface area contributed by atoms with Crippen LogP contribution in [0.3, 0.4) is 0 Å². The van der Waals surface area contributed by atoms with E-state index in [1.54, 1.807) is 0 Å². The van der Waals surface area contributed by atoms with E-state index in [0.717, 1.165) is 13.0 Å².